The molecule has 0 atom stereocenters. The van der Waals surface area contributed by atoms with Gasteiger partial charge in [0, 0.05) is 0 Å². The average Bonchev–Trinajstić information content (AvgIpc) is 1.93. The van der Waals surface area contributed by atoms with Crippen LogP contribution in [0, 0.1) is 6.07 Å². The third-order valence-electron chi connectivity index (χ3n) is 0.921. The van der Waals surface area contributed by atoms with Gasteiger partial charge >= 0.3 is 23.1 Å². The third kappa shape index (κ3) is 5.52. The van der Waals surface area contributed by atoms with Gasteiger partial charge < -0.3 is 12.4 Å². The normalized spacial score (nSPS) is 7.69. The van der Waals surface area contributed by atoms with E-state index in [2.05, 4.69) is 6.07 Å². The SMILES string of the molecule is Br.Clc1[c-]cc(Cl)c(Cl)c1Cl.[Cl-].[Mg+2]. The van der Waals surface area contributed by atoms with E-state index in [1.807, 2.05) is 0 Å². The molecule has 0 radical (unpaired) electrons. The maximum absolute atomic E-state index is 5.61. The van der Waals surface area contributed by atoms with Crippen molar-refractivity contribution in [1.82, 2.24) is 0 Å². The summed E-state index contributed by atoms with van der Waals surface area (Å²) in [6, 6.07) is 4.10. The van der Waals surface area contributed by atoms with Crippen molar-refractivity contribution in [1.29, 1.82) is 0 Å². The molecule has 0 amide bonds. The minimum absolute atomic E-state index is 0. The second-order valence-corrected chi connectivity index (χ2v) is 3.12. The van der Waals surface area contributed by atoms with Crippen molar-refractivity contribution in [3.63, 3.8) is 0 Å². The summed E-state index contributed by atoms with van der Waals surface area (Å²) >= 11 is 22.4. The van der Waals surface area contributed by atoms with E-state index in [0.29, 0.717) is 5.02 Å². The maximum atomic E-state index is 5.61. The van der Waals surface area contributed by atoms with Crippen molar-refractivity contribution in [3.8, 4) is 0 Å². The molecule has 13 heavy (non-hydrogen) atoms. The van der Waals surface area contributed by atoms with Gasteiger partial charge in [0.05, 0.1) is 0 Å². The van der Waals surface area contributed by atoms with Crippen LogP contribution in [0.1, 0.15) is 0 Å². The summed E-state index contributed by atoms with van der Waals surface area (Å²) < 4.78 is 0. The van der Waals surface area contributed by atoms with E-state index < -0.39 is 0 Å². The molecule has 7 heteroatoms. The van der Waals surface area contributed by atoms with Crippen LogP contribution in [0.15, 0.2) is 6.07 Å². The van der Waals surface area contributed by atoms with E-state index in [1.165, 1.54) is 6.07 Å². The smallest absolute Gasteiger partial charge is 1.00 e. The Morgan fingerprint density at radius 3 is 1.85 bits per heavy atom. The van der Waals surface area contributed by atoms with Gasteiger partial charge in [-0.1, -0.05) is 10.0 Å². The Bertz CT molecular complexity index is 240. The summed E-state index contributed by atoms with van der Waals surface area (Å²) in [7, 11) is 0. The van der Waals surface area contributed by atoms with E-state index in [-0.39, 0.29) is 67.5 Å². The molecule has 0 aromatic heterocycles. The Labute approximate surface area is 130 Å². The molecule has 0 nitrogen and oxygen atoms in total. The zero-order valence-corrected chi connectivity index (χ0v) is 13.0. The second-order valence-electron chi connectivity index (χ2n) is 1.58. The molecule has 0 bridgehead atoms. The number of hydrogen-bond acceptors (Lipinski definition) is 0. The zero-order valence-electron chi connectivity index (χ0n) is 6.08. The minimum atomic E-state index is 0. The average molecular weight is 356 g/mol. The largest absolute Gasteiger partial charge is 2.00 e. The van der Waals surface area contributed by atoms with E-state index in [1.54, 1.807) is 0 Å². The molecule has 0 aliphatic carbocycles. The van der Waals surface area contributed by atoms with Gasteiger partial charge in [-0.15, -0.1) is 40.2 Å². The first-order valence-electron chi connectivity index (χ1n) is 2.33. The van der Waals surface area contributed by atoms with Gasteiger partial charge in [-0.2, -0.15) is 35.3 Å². The first kappa shape index (κ1) is 20.3. The topological polar surface area (TPSA) is 0 Å². The summed E-state index contributed by atoms with van der Waals surface area (Å²) in [5.41, 5.74) is 0. The van der Waals surface area contributed by atoms with Crippen molar-refractivity contribution in [2.24, 2.45) is 0 Å². The number of halogens is 6. The Morgan fingerprint density at radius 2 is 1.46 bits per heavy atom. The van der Waals surface area contributed by atoms with Crippen LogP contribution in [0.3, 0.4) is 0 Å². The summed E-state index contributed by atoms with van der Waals surface area (Å²) in [4.78, 5) is 0. The van der Waals surface area contributed by atoms with Gasteiger partial charge in [-0.3, -0.25) is 0 Å². The van der Waals surface area contributed by atoms with E-state index in [0.717, 1.165) is 0 Å². The van der Waals surface area contributed by atoms with Crippen molar-refractivity contribution >= 4 is 86.4 Å². The monoisotopic (exact) mass is 352 g/mol. The fourth-order valence-corrected chi connectivity index (χ4v) is 1.15. The van der Waals surface area contributed by atoms with Crippen LogP contribution in [0.4, 0.5) is 0 Å². The Kier molecular flexibility index (Phi) is 14.3. The van der Waals surface area contributed by atoms with E-state index in [4.69, 9.17) is 46.4 Å². The van der Waals surface area contributed by atoms with Crippen molar-refractivity contribution in [2.45, 2.75) is 0 Å². The van der Waals surface area contributed by atoms with Crippen molar-refractivity contribution in [3.05, 3.63) is 32.2 Å². The van der Waals surface area contributed by atoms with Gasteiger partial charge in [0.25, 0.3) is 0 Å². The summed E-state index contributed by atoms with van der Waals surface area (Å²) in [5, 5.41) is 1.16. The predicted molar refractivity (Wildman–Crippen MR) is 61.4 cm³/mol. The van der Waals surface area contributed by atoms with Gasteiger partial charge in [-0.05, 0) is 10.0 Å². The second kappa shape index (κ2) is 9.16. The molecule has 0 spiro atoms. The first-order chi connectivity index (χ1) is 4.63. The molecular formula is C6H2BrCl5Mg. The Balaban J connectivity index is -0.000000333. The number of rotatable bonds is 0. The fourth-order valence-electron chi connectivity index (χ4n) is 0.455. The molecule has 0 saturated carbocycles. The van der Waals surface area contributed by atoms with Crippen LogP contribution in [-0.2, 0) is 0 Å². The molecule has 1 aromatic rings. The quantitative estimate of drug-likeness (QED) is 0.285. The molecule has 70 valence electrons. The van der Waals surface area contributed by atoms with Crippen LogP contribution in [0.2, 0.25) is 20.1 Å². The summed E-state index contributed by atoms with van der Waals surface area (Å²) in [6.45, 7) is 0. The number of benzene rings is 1. The van der Waals surface area contributed by atoms with E-state index >= 15 is 0 Å². The van der Waals surface area contributed by atoms with Crippen LogP contribution in [0.25, 0.3) is 0 Å². The Hall–Kier alpha value is 1.92. The molecule has 0 saturated heterocycles. The number of hydrogen-bond donors (Lipinski definition) is 0. The van der Waals surface area contributed by atoms with Crippen LogP contribution >= 0.6 is 63.4 Å². The molecule has 1 aromatic carbocycles. The Morgan fingerprint density at radius 1 is 1.00 bits per heavy atom. The third-order valence-corrected chi connectivity index (χ3v) is 2.58. The van der Waals surface area contributed by atoms with Gasteiger partial charge in [0.1, 0.15) is 0 Å². The minimum Gasteiger partial charge on any atom is -1.00 e. The summed E-state index contributed by atoms with van der Waals surface area (Å²) in [5.74, 6) is 0. The standard InChI is InChI=1S/C6HCl4.BrH.ClH.Mg/c7-3-1-2-4(8)6(10)5(3)9;;;/h1H;2*1H;/q-1;;;+2/p-1. The van der Waals surface area contributed by atoms with Gasteiger partial charge in [0.2, 0.25) is 0 Å². The first-order valence-corrected chi connectivity index (χ1v) is 3.85. The van der Waals surface area contributed by atoms with Crippen molar-refractivity contribution in [2.75, 3.05) is 0 Å². The van der Waals surface area contributed by atoms with Crippen LogP contribution in [0.5, 0.6) is 0 Å². The zero-order chi connectivity index (χ0) is 7.72. The molecule has 0 aliphatic heterocycles. The fraction of sp³-hybridized carbons (Fsp3) is 0. The predicted octanol–water partition coefficient (Wildman–Crippen LogP) is 1.30. The molecule has 0 N–H and O–H groups in total. The van der Waals surface area contributed by atoms with Gasteiger partial charge in [0.15, 0.2) is 0 Å². The van der Waals surface area contributed by atoms with Crippen LogP contribution < -0.4 is 12.4 Å². The molecule has 0 aliphatic rings. The molecule has 0 fully saturated rings. The molecule has 0 heterocycles. The molecule has 0 unspecified atom stereocenters. The molecule has 1 rings (SSSR count). The van der Waals surface area contributed by atoms with E-state index in [9.17, 15) is 0 Å². The summed E-state index contributed by atoms with van der Waals surface area (Å²) in [6.07, 6.45) is 0. The molecular weight excluding hydrogens is 354 g/mol. The van der Waals surface area contributed by atoms with Crippen molar-refractivity contribution < 1.29 is 12.4 Å². The maximum Gasteiger partial charge on any atom is 2.00 e. The van der Waals surface area contributed by atoms with Gasteiger partial charge in [-0.25, -0.2) is 0 Å². The van der Waals surface area contributed by atoms with Crippen LogP contribution in [-0.4, -0.2) is 23.1 Å².